The summed E-state index contributed by atoms with van der Waals surface area (Å²) in [6.07, 6.45) is -49.4. The predicted molar refractivity (Wildman–Crippen MR) is 190 cm³/mol. The van der Waals surface area contributed by atoms with Crippen molar-refractivity contribution in [2.45, 2.75) is 164 Å². The molecule has 36 heteroatoms. The molecule has 0 aromatic heterocycles. The largest absolute Gasteiger partial charge is 0.466 e. The fourth-order valence-electron chi connectivity index (χ4n) is 4.65. The molecule has 0 amide bonds. The molecule has 0 heterocycles. The third-order valence-electron chi connectivity index (χ3n) is 8.58. The zero-order chi connectivity index (χ0) is 60.1. The molecule has 0 unspecified atom stereocenters. The Morgan fingerprint density at radius 2 is 0.708 bits per heavy atom. The molecule has 0 saturated heterocycles. The number of aliphatic hydroxyl groups is 4. The first-order chi connectivity index (χ1) is 30.7. The van der Waals surface area contributed by atoms with Crippen molar-refractivity contribution in [2.75, 3.05) is 7.11 Å². The lowest BCUT2D eigenvalue weighted by Crippen LogP contribution is -2.71. The average Bonchev–Trinajstić information content (AvgIpc) is 3.07. The van der Waals surface area contributed by atoms with Crippen molar-refractivity contribution in [1.29, 1.82) is 0 Å². The van der Waals surface area contributed by atoms with Gasteiger partial charge in [0.2, 0.25) is 0 Å². The van der Waals surface area contributed by atoms with Gasteiger partial charge in [-0.2, -0.15) is 105 Å². The molecular formula is C36H44F24O12. The Morgan fingerprint density at radius 1 is 0.444 bits per heavy atom. The molecular weight excluding hydrogens is 1080 g/mol. The van der Waals surface area contributed by atoms with E-state index in [1.165, 1.54) is 13.8 Å². The third-order valence-corrected chi connectivity index (χ3v) is 8.58. The Morgan fingerprint density at radius 3 is 0.861 bits per heavy atom. The topological polar surface area (TPSA) is 186 Å². The zero-order valence-electron chi connectivity index (χ0n) is 38.3. The molecule has 12 nitrogen and oxygen atoms in total. The second-order valence-electron chi connectivity index (χ2n) is 16.3. The van der Waals surface area contributed by atoms with E-state index in [1.54, 1.807) is 0 Å². The molecule has 0 saturated carbocycles. The summed E-state index contributed by atoms with van der Waals surface area (Å²) in [6, 6.07) is 0. The molecule has 0 aliphatic rings. The van der Waals surface area contributed by atoms with Gasteiger partial charge >= 0.3 is 84.5 Å². The van der Waals surface area contributed by atoms with E-state index in [-0.39, 0.29) is 13.8 Å². The molecule has 4 N–H and O–H groups in total. The lowest BCUT2D eigenvalue weighted by Gasteiger charge is -2.45. The van der Waals surface area contributed by atoms with Crippen LogP contribution in [0.25, 0.3) is 0 Å². The molecule has 72 heavy (non-hydrogen) atoms. The Labute approximate surface area is 389 Å². The van der Waals surface area contributed by atoms with Gasteiger partial charge in [0.05, 0.1) is 7.11 Å². The first-order valence-electron chi connectivity index (χ1n) is 18.2. The molecule has 0 aliphatic heterocycles. The van der Waals surface area contributed by atoms with Gasteiger partial charge in [-0.3, -0.25) is 4.79 Å². The van der Waals surface area contributed by atoms with Gasteiger partial charge in [0.15, 0.2) is 11.2 Å². The van der Waals surface area contributed by atoms with Crippen LogP contribution < -0.4 is 0 Å². The van der Waals surface area contributed by atoms with E-state index in [9.17, 15) is 125 Å². The van der Waals surface area contributed by atoms with Crippen molar-refractivity contribution in [3.63, 3.8) is 0 Å². The highest BCUT2D eigenvalue weighted by atomic mass is 19.4. The van der Waals surface area contributed by atoms with Crippen LogP contribution in [0.3, 0.4) is 0 Å². The number of carbonyl (C=O) groups is 4. The maximum Gasteiger partial charge on any atom is 0.441 e. The summed E-state index contributed by atoms with van der Waals surface area (Å²) in [5.41, 5.74) is -31.6. The molecule has 0 radical (unpaired) electrons. The third kappa shape index (κ3) is 16.3. The van der Waals surface area contributed by atoms with E-state index in [4.69, 9.17) is 20.4 Å². The molecule has 0 aromatic rings. The highest BCUT2D eigenvalue weighted by molar-refractivity contribution is 5.88. The van der Waals surface area contributed by atoms with Gasteiger partial charge in [-0.1, -0.05) is 27.0 Å². The van der Waals surface area contributed by atoms with Crippen LogP contribution in [0.1, 0.15) is 75.7 Å². The van der Waals surface area contributed by atoms with Crippen molar-refractivity contribution in [2.24, 2.45) is 5.92 Å². The zero-order valence-corrected chi connectivity index (χ0v) is 38.3. The van der Waals surface area contributed by atoms with Crippen molar-refractivity contribution >= 4 is 23.9 Å². The van der Waals surface area contributed by atoms with Gasteiger partial charge in [0, 0.05) is 17.6 Å². The summed E-state index contributed by atoms with van der Waals surface area (Å²) >= 11 is 0. The summed E-state index contributed by atoms with van der Waals surface area (Å²) in [5.74, 6) is -8.05. The quantitative estimate of drug-likeness (QED) is 0.0666. The first kappa shape index (κ1) is 74.0. The molecule has 0 rings (SSSR count). The molecule has 0 spiro atoms. The highest BCUT2D eigenvalue weighted by Gasteiger charge is 2.83. The molecule has 0 fully saturated rings. The van der Waals surface area contributed by atoms with Crippen LogP contribution in [0.5, 0.6) is 0 Å². The van der Waals surface area contributed by atoms with Crippen molar-refractivity contribution in [3.05, 3.63) is 24.3 Å². The maximum absolute atomic E-state index is 13.5. The Bertz CT molecular complexity index is 1790. The summed E-state index contributed by atoms with van der Waals surface area (Å²) in [7, 11) is 0.296. The smallest absolute Gasteiger partial charge is 0.441 e. The minimum Gasteiger partial charge on any atom is -0.466 e. The first-order valence-corrected chi connectivity index (χ1v) is 18.2. The van der Waals surface area contributed by atoms with Crippen LogP contribution >= 0.6 is 0 Å². The Hall–Kier alpha value is -4.48. The number of alkyl halides is 24. The lowest BCUT2D eigenvalue weighted by atomic mass is 9.83. The van der Waals surface area contributed by atoms with Gasteiger partial charge in [-0.05, 0) is 61.3 Å². The second-order valence-corrected chi connectivity index (χ2v) is 16.3. The van der Waals surface area contributed by atoms with E-state index < -0.39 is 136 Å². The number of halogens is 24. The standard InChI is InChI=1S/C15H20F6O4.C10H12F6O3.C6H8F6O2.C5H4F6O3/c1-8(2)7-10(22)24-13(14(16,17)18,15(19,20)21)12(5,6)25-11(23)9(3)4;1-5(2)6(17)19-7(3,4)8(18,9(11,12)13)10(14,15)16;1-3(2,13)4(14,5(7,8)9)6(10,11)12;1-14-2(12)3(13,4(6,7)8)5(9,10)11/h8H,3,7H2,1-2,4-6H3;18H,1H2,2-4H3;13-14H,1-2H3;13H,1H3. The monoisotopic (exact) mass is 1120 g/mol. The van der Waals surface area contributed by atoms with E-state index >= 15 is 0 Å². The fraction of sp³-hybridized carbons (Fsp3) is 0.778. The van der Waals surface area contributed by atoms with Crippen LogP contribution in [0.15, 0.2) is 24.3 Å². The maximum atomic E-state index is 13.5. The Kier molecular flexibility index (Phi) is 23.6. The number of hydrogen-bond acceptors (Lipinski definition) is 12. The SMILES string of the molecule is C=C(C)C(=O)OC(C)(C)C(O)(C(F)(F)F)C(F)(F)F.C=C(C)C(=O)OC(C)(C)C(OC(=O)CC(C)C)(C(F)(F)F)C(F)(F)F.CC(C)(O)C(O)(C(F)(F)F)C(F)(F)F.COC(=O)C(O)(C(F)(F)F)C(F)(F)F. The van der Waals surface area contributed by atoms with Crippen LogP contribution in [0, 0.1) is 5.92 Å². The highest BCUT2D eigenvalue weighted by Crippen LogP contribution is 2.55. The van der Waals surface area contributed by atoms with Gasteiger partial charge in [-0.25, -0.2) is 14.4 Å². The van der Waals surface area contributed by atoms with Gasteiger partial charge in [-0.15, -0.1) is 0 Å². The predicted octanol–water partition coefficient (Wildman–Crippen LogP) is 9.71. The minimum absolute atomic E-state index is 0.230. The second kappa shape index (κ2) is 23.0. The Balaban J connectivity index is -0.000000442. The van der Waals surface area contributed by atoms with E-state index in [0.29, 0.717) is 34.8 Å². The van der Waals surface area contributed by atoms with Gasteiger partial charge in [0.1, 0.15) is 5.60 Å². The van der Waals surface area contributed by atoms with Gasteiger partial charge < -0.3 is 39.4 Å². The van der Waals surface area contributed by atoms with Crippen LogP contribution in [-0.4, -0.2) is 140 Å². The number of methoxy groups -OCH3 is 1. The molecule has 0 aromatic carbocycles. The number of hydrogen-bond donors (Lipinski definition) is 4. The number of ether oxygens (including phenoxy) is 4. The summed E-state index contributed by atoms with van der Waals surface area (Å²) in [5, 5.41) is 34.6. The van der Waals surface area contributed by atoms with E-state index in [2.05, 4.69) is 32.1 Å². The van der Waals surface area contributed by atoms with E-state index in [1.807, 2.05) is 0 Å². The minimum atomic E-state index is -6.18. The fourth-order valence-corrected chi connectivity index (χ4v) is 4.65. The van der Waals surface area contributed by atoms with Crippen LogP contribution in [0.4, 0.5) is 105 Å². The number of carbonyl (C=O) groups excluding carboxylic acids is 4. The van der Waals surface area contributed by atoms with Crippen LogP contribution in [0.2, 0.25) is 0 Å². The van der Waals surface area contributed by atoms with E-state index in [0.717, 1.165) is 13.8 Å². The lowest BCUT2D eigenvalue weighted by molar-refractivity contribution is -0.408. The normalized spacial score (nSPS) is 14.3. The van der Waals surface area contributed by atoms with Crippen molar-refractivity contribution in [3.8, 4) is 0 Å². The summed E-state index contributed by atoms with van der Waals surface area (Å²) in [6.45, 7) is 12.9. The molecule has 0 atom stereocenters. The molecule has 0 aliphatic carbocycles. The summed E-state index contributed by atoms with van der Waals surface area (Å²) in [4.78, 5) is 44.5. The summed E-state index contributed by atoms with van der Waals surface area (Å²) < 4.78 is 314. The number of esters is 4. The van der Waals surface area contributed by atoms with Gasteiger partial charge in [0.25, 0.3) is 11.2 Å². The molecule has 428 valence electrons. The van der Waals surface area contributed by atoms with Crippen molar-refractivity contribution in [1.82, 2.24) is 0 Å². The average molecular weight is 1120 g/mol. The van der Waals surface area contributed by atoms with Crippen molar-refractivity contribution < 1.29 is 164 Å². The van der Waals surface area contributed by atoms with Crippen LogP contribution in [-0.2, 0) is 38.1 Å². The molecule has 0 bridgehead atoms. The number of rotatable bonds is 11.